The van der Waals surface area contributed by atoms with Crippen LogP contribution in [-0.4, -0.2) is 29.7 Å². The zero-order valence-corrected chi connectivity index (χ0v) is 10.3. The van der Waals surface area contributed by atoms with Gasteiger partial charge in [-0.3, -0.25) is 9.59 Å². The number of halogens is 3. The lowest BCUT2D eigenvalue weighted by atomic mass is 9.84. The third kappa shape index (κ3) is 2.61. The molecule has 1 aliphatic carbocycles. The molecule has 0 bridgehead atoms. The molecule has 0 unspecified atom stereocenters. The van der Waals surface area contributed by atoms with E-state index >= 15 is 0 Å². The third-order valence-corrected chi connectivity index (χ3v) is 3.47. The van der Waals surface area contributed by atoms with Crippen molar-refractivity contribution in [3.8, 4) is 0 Å². The van der Waals surface area contributed by atoms with Crippen molar-refractivity contribution in [2.75, 3.05) is 6.54 Å². The fourth-order valence-corrected chi connectivity index (χ4v) is 2.40. The SMILES string of the molecule is O=C(NCC1(C(=O)O)Cc2ccccc2C1)C(F)(F)F. The Bertz CT molecular complexity index is 529. The Morgan fingerprint density at radius 1 is 1.20 bits per heavy atom. The minimum absolute atomic E-state index is 0.108. The number of carboxylic acids is 1. The lowest BCUT2D eigenvalue weighted by Crippen LogP contribution is -2.47. The number of hydrogen-bond donors (Lipinski definition) is 2. The molecular formula is C13H12F3NO3. The van der Waals surface area contributed by atoms with E-state index in [4.69, 9.17) is 0 Å². The van der Waals surface area contributed by atoms with E-state index in [1.165, 1.54) is 0 Å². The summed E-state index contributed by atoms with van der Waals surface area (Å²) in [6.07, 6.45) is -4.79. The van der Waals surface area contributed by atoms with Crippen molar-refractivity contribution in [1.82, 2.24) is 5.32 Å². The number of carboxylic acid groups (broad SMARTS) is 1. The Hall–Kier alpha value is -2.05. The van der Waals surface area contributed by atoms with Crippen molar-refractivity contribution >= 4 is 11.9 Å². The minimum Gasteiger partial charge on any atom is -0.481 e. The molecule has 4 nitrogen and oxygen atoms in total. The highest BCUT2D eigenvalue weighted by Gasteiger charge is 2.46. The molecule has 0 heterocycles. The van der Waals surface area contributed by atoms with Gasteiger partial charge in [0.25, 0.3) is 0 Å². The second-order valence-electron chi connectivity index (χ2n) is 4.89. The summed E-state index contributed by atoms with van der Waals surface area (Å²) in [5.41, 5.74) is 0.164. The monoisotopic (exact) mass is 287 g/mol. The van der Waals surface area contributed by atoms with E-state index in [9.17, 15) is 27.9 Å². The average Bonchev–Trinajstić information content (AvgIpc) is 2.74. The van der Waals surface area contributed by atoms with Gasteiger partial charge in [0.2, 0.25) is 0 Å². The standard InChI is InChI=1S/C13H12F3NO3/c14-13(15,16)10(18)17-7-12(11(19)20)5-8-3-1-2-4-9(8)6-12/h1-4H,5-7H2,(H,17,18)(H,19,20). The maximum atomic E-state index is 12.2. The number of rotatable bonds is 3. The Balaban J connectivity index is 2.15. The van der Waals surface area contributed by atoms with Crippen molar-refractivity contribution < 1.29 is 27.9 Å². The summed E-state index contributed by atoms with van der Waals surface area (Å²) in [5.74, 6) is -3.33. The fraction of sp³-hybridized carbons (Fsp3) is 0.385. The maximum absolute atomic E-state index is 12.2. The van der Waals surface area contributed by atoms with Crippen LogP contribution < -0.4 is 5.32 Å². The maximum Gasteiger partial charge on any atom is 0.471 e. The van der Waals surface area contributed by atoms with Gasteiger partial charge in [0.1, 0.15) is 0 Å². The molecule has 0 fully saturated rings. The number of aliphatic carboxylic acids is 1. The molecule has 0 aliphatic heterocycles. The Morgan fingerprint density at radius 2 is 1.70 bits per heavy atom. The molecular weight excluding hydrogens is 275 g/mol. The first-order valence-electron chi connectivity index (χ1n) is 5.90. The average molecular weight is 287 g/mol. The van der Waals surface area contributed by atoms with E-state index in [-0.39, 0.29) is 12.8 Å². The lowest BCUT2D eigenvalue weighted by molar-refractivity contribution is -0.174. The van der Waals surface area contributed by atoms with Gasteiger partial charge in [0.05, 0.1) is 5.41 Å². The highest BCUT2D eigenvalue weighted by atomic mass is 19.4. The Kier molecular flexibility index (Phi) is 3.45. The van der Waals surface area contributed by atoms with Crippen LogP contribution in [0.15, 0.2) is 24.3 Å². The molecule has 0 radical (unpaired) electrons. The Morgan fingerprint density at radius 3 is 2.10 bits per heavy atom. The number of hydrogen-bond acceptors (Lipinski definition) is 2. The molecule has 1 amide bonds. The van der Waals surface area contributed by atoms with Gasteiger partial charge in [0.15, 0.2) is 0 Å². The topological polar surface area (TPSA) is 66.4 Å². The van der Waals surface area contributed by atoms with Gasteiger partial charge in [-0.1, -0.05) is 24.3 Å². The summed E-state index contributed by atoms with van der Waals surface area (Å²) < 4.78 is 36.5. The van der Waals surface area contributed by atoms with Crippen LogP contribution in [0.25, 0.3) is 0 Å². The van der Waals surface area contributed by atoms with Crippen molar-refractivity contribution in [2.24, 2.45) is 5.41 Å². The van der Waals surface area contributed by atoms with Gasteiger partial charge >= 0.3 is 18.1 Å². The summed E-state index contributed by atoms with van der Waals surface area (Å²) in [5, 5.41) is 11.0. The summed E-state index contributed by atoms with van der Waals surface area (Å²) >= 11 is 0. The van der Waals surface area contributed by atoms with E-state index in [0.29, 0.717) is 0 Å². The lowest BCUT2D eigenvalue weighted by Gasteiger charge is -2.24. The van der Waals surface area contributed by atoms with Crippen molar-refractivity contribution in [1.29, 1.82) is 0 Å². The van der Waals surface area contributed by atoms with Crippen LogP contribution in [0, 0.1) is 5.41 Å². The van der Waals surface area contributed by atoms with Crippen LogP contribution in [0.2, 0.25) is 0 Å². The molecule has 20 heavy (non-hydrogen) atoms. The molecule has 2 N–H and O–H groups in total. The highest BCUT2D eigenvalue weighted by Crippen LogP contribution is 2.37. The van der Waals surface area contributed by atoms with Crippen LogP contribution in [0.4, 0.5) is 13.2 Å². The molecule has 0 saturated carbocycles. The number of benzene rings is 1. The minimum atomic E-state index is -5.01. The van der Waals surface area contributed by atoms with E-state index in [1.807, 2.05) is 0 Å². The molecule has 1 aromatic rings. The van der Waals surface area contributed by atoms with Crippen molar-refractivity contribution in [3.63, 3.8) is 0 Å². The summed E-state index contributed by atoms with van der Waals surface area (Å²) in [7, 11) is 0. The smallest absolute Gasteiger partial charge is 0.471 e. The van der Waals surface area contributed by atoms with Crippen LogP contribution in [-0.2, 0) is 22.4 Å². The molecule has 0 aromatic heterocycles. The van der Waals surface area contributed by atoms with Gasteiger partial charge in [0, 0.05) is 6.54 Å². The van der Waals surface area contributed by atoms with E-state index < -0.39 is 30.0 Å². The number of fused-ring (bicyclic) bond motifs is 1. The quantitative estimate of drug-likeness (QED) is 0.886. The molecule has 1 aromatic carbocycles. The molecule has 0 spiro atoms. The predicted molar refractivity (Wildman–Crippen MR) is 63.0 cm³/mol. The van der Waals surface area contributed by atoms with Crippen molar-refractivity contribution in [3.05, 3.63) is 35.4 Å². The van der Waals surface area contributed by atoms with Crippen LogP contribution in [0.1, 0.15) is 11.1 Å². The van der Waals surface area contributed by atoms with E-state index in [0.717, 1.165) is 11.1 Å². The van der Waals surface area contributed by atoms with Gasteiger partial charge in [-0.15, -0.1) is 0 Å². The van der Waals surface area contributed by atoms with E-state index in [2.05, 4.69) is 0 Å². The first-order valence-corrected chi connectivity index (χ1v) is 5.90. The Labute approximate surface area is 112 Å². The van der Waals surface area contributed by atoms with E-state index in [1.54, 1.807) is 29.6 Å². The zero-order valence-electron chi connectivity index (χ0n) is 10.3. The normalized spacial score (nSPS) is 16.6. The molecule has 1 aliphatic rings. The fourth-order valence-electron chi connectivity index (χ4n) is 2.40. The van der Waals surface area contributed by atoms with Gasteiger partial charge < -0.3 is 10.4 Å². The number of amides is 1. The van der Waals surface area contributed by atoms with Crippen LogP contribution >= 0.6 is 0 Å². The first-order chi connectivity index (χ1) is 9.24. The predicted octanol–water partition coefficient (Wildman–Crippen LogP) is 1.53. The largest absolute Gasteiger partial charge is 0.481 e. The molecule has 2 rings (SSSR count). The number of nitrogens with one attached hydrogen (secondary N) is 1. The second-order valence-corrected chi connectivity index (χ2v) is 4.89. The summed E-state index contributed by atoms with van der Waals surface area (Å²) in [6.45, 7) is -0.546. The third-order valence-electron chi connectivity index (χ3n) is 3.47. The number of carbonyl (C=O) groups excluding carboxylic acids is 1. The van der Waals surface area contributed by atoms with Gasteiger partial charge in [-0.2, -0.15) is 13.2 Å². The summed E-state index contributed by atoms with van der Waals surface area (Å²) in [6, 6.07) is 6.97. The zero-order chi connectivity index (χ0) is 15.0. The number of carbonyl (C=O) groups is 2. The molecule has 7 heteroatoms. The first kappa shape index (κ1) is 14.4. The summed E-state index contributed by atoms with van der Waals surface area (Å²) in [4.78, 5) is 22.3. The molecule has 108 valence electrons. The van der Waals surface area contributed by atoms with Crippen LogP contribution in [0.5, 0.6) is 0 Å². The molecule has 0 saturated heterocycles. The molecule has 0 atom stereocenters. The van der Waals surface area contributed by atoms with Crippen LogP contribution in [0.3, 0.4) is 0 Å². The number of alkyl halides is 3. The van der Waals surface area contributed by atoms with Gasteiger partial charge in [-0.05, 0) is 24.0 Å². The second kappa shape index (κ2) is 4.81. The highest BCUT2D eigenvalue weighted by molar-refractivity contribution is 5.83. The van der Waals surface area contributed by atoms with Crippen molar-refractivity contribution in [2.45, 2.75) is 19.0 Å². The van der Waals surface area contributed by atoms with Gasteiger partial charge in [-0.25, -0.2) is 0 Å².